The quantitative estimate of drug-likeness (QED) is 0.0261. The number of carbonyl (C=O) groups is 3. The minimum Gasteiger partial charge on any atom is -0.462 e. The molecule has 0 amide bonds. The van der Waals surface area contributed by atoms with E-state index < -0.39 is 6.10 Å². The Bertz CT molecular complexity index is 1370. The van der Waals surface area contributed by atoms with Crippen molar-refractivity contribution >= 4 is 17.9 Å². The zero-order chi connectivity index (χ0) is 51.4. The third-order valence-corrected chi connectivity index (χ3v) is 12.9. The van der Waals surface area contributed by atoms with E-state index in [1.807, 2.05) is 0 Å². The van der Waals surface area contributed by atoms with Crippen molar-refractivity contribution in [2.24, 2.45) is 0 Å². The van der Waals surface area contributed by atoms with Gasteiger partial charge in [0.1, 0.15) is 13.2 Å². The van der Waals surface area contributed by atoms with E-state index in [4.69, 9.17) is 14.2 Å². The largest absolute Gasteiger partial charge is 0.462 e. The second-order valence-corrected chi connectivity index (χ2v) is 19.9. The fourth-order valence-electron chi connectivity index (χ4n) is 8.38. The number of allylic oxidation sites excluding steroid dienone is 14. The summed E-state index contributed by atoms with van der Waals surface area (Å²) in [5.74, 6) is -0.906. The zero-order valence-corrected chi connectivity index (χ0v) is 46.7. The summed E-state index contributed by atoms with van der Waals surface area (Å²) in [7, 11) is 0. The van der Waals surface area contributed by atoms with Crippen molar-refractivity contribution in [2.45, 2.75) is 297 Å². The highest BCUT2D eigenvalue weighted by molar-refractivity contribution is 5.71. The topological polar surface area (TPSA) is 78.9 Å². The number of hydrogen-bond donors (Lipinski definition) is 0. The van der Waals surface area contributed by atoms with E-state index in [-0.39, 0.29) is 31.1 Å². The standard InChI is InChI=1S/C65H112O6/c1-4-7-10-13-16-19-22-25-27-29-31-32-33-34-35-37-38-40-43-46-49-52-55-58-64(67)70-61-62(60-69-63(66)57-54-51-48-45-42-24-21-18-15-12-9-6-3)71-65(68)59-56-53-50-47-44-41-39-36-30-28-26-23-20-17-14-11-8-5-2/h7,10,16,19,25,27-28,30-32,34-35,38,40,62H,4-6,8-9,11-15,17-18,20-24,26,29,33,36-37,39,41-61H2,1-3H3/b10-7-,19-16-,27-25-,30-28-,32-31-,35-34-,40-38-. The van der Waals surface area contributed by atoms with Crippen LogP contribution < -0.4 is 0 Å². The van der Waals surface area contributed by atoms with Gasteiger partial charge in [-0.1, -0.05) is 260 Å². The van der Waals surface area contributed by atoms with Gasteiger partial charge in [0, 0.05) is 19.3 Å². The van der Waals surface area contributed by atoms with E-state index >= 15 is 0 Å². The van der Waals surface area contributed by atoms with Crippen LogP contribution in [0.5, 0.6) is 0 Å². The number of hydrogen-bond acceptors (Lipinski definition) is 6. The van der Waals surface area contributed by atoms with E-state index in [9.17, 15) is 14.4 Å². The van der Waals surface area contributed by atoms with Gasteiger partial charge in [0.2, 0.25) is 0 Å². The van der Waals surface area contributed by atoms with Gasteiger partial charge in [-0.05, 0) is 96.3 Å². The molecule has 0 aliphatic carbocycles. The van der Waals surface area contributed by atoms with Crippen LogP contribution in [-0.2, 0) is 28.6 Å². The molecule has 0 saturated heterocycles. The second kappa shape index (κ2) is 59.2. The lowest BCUT2D eigenvalue weighted by atomic mass is 10.0. The minimum atomic E-state index is -0.789. The first kappa shape index (κ1) is 67.6. The highest BCUT2D eigenvalue weighted by Crippen LogP contribution is 2.15. The summed E-state index contributed by atoms with van der Waals surface area (Å²) in [5.41, 5.74) is 0. The van der Waals surface area contributed by atoms with Crippen LogP contribution in [0.3, 0.4) is 0 Å². The number of carbonyl (C=O) groups excluding carboxylic acids is 3. The molecule has 0 heterocycles. The smallest absolute Gasteiger partial charge is 0.306 e. The molecule has 0 aromatic rings. The molecule has 71 heavy (non-hydrogen) atoms. The molecular formula is C65H112O6. The van der Waals surface area contributed by atoms with Crippen molar-refractivity contribution in [1.29, 1.82) is 0 Å². The summed E-state index contributed by atoms with van der Waals surface area (Å²) in [5, 5.41) is 0. The van der Waals surface area contributed by atoms with Crippen molar-refractivity contribution in [3.63, 3.8) is 0 Å². The van der Waals surface area contributed by atoms with Crippen molar-refractivity contribution < 1.29 is 28.6 Å². The van der Waals surface area contributed by atoms with Gasteiger partial charge in [-0.25, -0.2) is 0 Å². The SMILES string of the molecule is CC/C=C\C/C=C\C/C=C\C/C=C\C/C=C\C/C=C\CCCCCCC(=O)OCC(COC(=O)CCCCCCCCCCCCCC)OC(=O)CCCCCCCCC/C=C\CCCCCCCCC. The number of ether oxygens (including phenoxy) is 3. The fourth-order valence-corrected chi connectivity index (χ4v) is 8.38. The molecule has 6 nitrogen and oxygen atoms in total. The van der Waals surface area contributed by atoms with Gasteiger partial charge in [-0.3, -0.25) is 14.4 Å². The first-order valence-corrected chi connectivity index (χ1v) is 30.1. The Morgan fingerprint density at radius 1 is 0.296 bits per heavy atom. The van der Waals surface area contributed by atoms with Crippen LogP contribution in [0.1, 0.15) is 290 Å². The number of unbranched alkanes of at least 4 members (excludes halogenated alkanes) is 29. The molecular weight excluding hydrogens is 877 g/mol. The average molecular weight is 990 g/mol. The molecule has 0 aromatic carbocycles. The lowest BCUT2D eigenvalue weighted by Crippen LogP contribution is -2.30. The van der Waals surface area contributed by atoms with E-state index in [1.54, 1.807) is 0 Å². The van der Waals surface area contributed by atoms with Gasteiger partial charge in [-0.15, -0.1) is 0 Å². The van der Waals surface area contributed by atoms with E-state index in [2.05, 4.69) is 106 Å². The zero-order valence-electron chi connectivity index (χ0n) is 46.7. The van der Waals surface area contributed by atoms with Crippen LogP contribution in [0, 0.1) is 0 Å². The normalized spacial score (nSPS) is 12.7. The van der Waals surface area contributed by atoms with E-state index in [1.165, 1.54) is 141 Å². The minimum absolute atomic E-state index is 0.0843. The van der Waals surface area contributed by atoms with E-state index in [0.717, 1.165) is 109 Å². The summed E-state index contributed by atoms with van der Waals surface area (Å²) in [6.07, 6.45) is 77.2. The average Bonchev–Trinajstić information content (AvgIpc) is 3.37. The molecule has 1 unspecified atom stereocenters. The predicted octanol–water partition coefficient (Wildman–Crippen LogP) is 20.3. The molecule has 0 aliphatic rings. The molecule has 0 N–H and O–H groups in total. The first-order chi connectivity index (χ1) is 35.0. The van der Waals surface area contributed by atoms with Crippen molar-refractivity contribution in [1.82, 2.24) is 0 Å². The molecule has 0 spiro atoms. The van der Waals surface area contributed by atoms with Crippen LogP contribution >= 0.6 is 0 Å². The Hall–Kier alpha value is -3.41. The van der Waals surface area contributed by atoms with Gasteiger partial charge < -0.3 is 14.2 Å². The van der Waals surface area contributed by atoms with Gasteiger partial charge in [0.15, 0.2) is 6.10 Å². The summed E-state index contributed by atoms with van der Waals surface area (Å²) in [6, 6.07) is 0. The highest BCUT2D eigenvalue weighted by Gasteiger charge is 2.19. The van der Waals surface area contributed by atoms with Crippen LogP contribution in [0.15, 0.2) is 85.1 Å². The van der Waals surface area contributed by atoms with Crippen LogP contribution in [0.25, 0.3) is 0 Å². The van der Waals surface area contributed by atoms with Gasteiger partial charge in [0.25, 0.3) is 0 Å². The fraction of sp³-hybridized carbons (Fsp3) is 0.738. The van der Waals surface area contributed by atoms with Crippen LogP contribution in [-0.4, -0.2) is 37.2 Å². The Kier molecular flexibility index (Phi) is 56.3. The summed E-state index contributed by atoms with van der Waals surface area (Å²) in [6.45, 7) is 6.52. The van der Waals surface area contributed by atoms with Gasteiger partial charge in [0.05, 0.1) is 0 Å². The third kappa shape index (κ3) is 57.4. The molecule has 0 bridgehead atoms. The maximum absolute atomic E-state index is 12.9. The maximum Gasteiger partial charge on any atom is 0.306 e. The third-order valence-electron chi connectivity index (χ3n) is 12.9. The Labute approximate surface area is 439 Å². The summed E-state index contributed by atoms with van der Waals surface area (Å²) >= 11 is 0. The predicted molar refractivity (Wildman–Crippen MR) is 307 cm³/mol. The molecule has 0 fully saturated rings. The maximum atomic E-state index is 12.9. The molecule has 0 rings (SSSR count). The van der Waals surface area contributed by atoms with E-state index in [0.29, 0.717) is 19.3 Å². The Morgan fingerprint density at radius 2 is 0.549 bits per heavy atom. The highest BCUT2D eigenvalue weighted by atomic mass is 16.6. The lowest BCUT2D eigenvalue weighted by molar-refractivity contribution is -0.167. The second-order valence-electron chi connectivity index (χ2n) is 19.9. The summed E-state index contributed by atoms with van der Waals surface area (Å²) < 4.78 is 16.9. The van der Waals surface area contributed by atoms with Crippen LogP contribution in [0.4, 0.5) is 0 Å². The van der Waals surface area contributed by atoms with Crippen molar-refractivity contribution in [3.05, 3.63) is 85.1 Å². The van der Waals surface area contributed by atoms with Crippen molar-refractivity contribution in [2.75, 3.05) is 13.2 Å². The number of esters is 3. The Balaban J connectivity index is 4.39. The molecule has 0 radical (unpaired) electrons. The molecule has 0 aromatic heterocycles. The molecule has 408 valence electrons. The molecule has 0 saturated carbocycles. The lowest BCUT2D eigenvalue weighted by Gasteiger charge is -2.18. The molecule has 1 atom stereocenters. The van der Waals surface area contributed by atoms with Gasteiger partial charge in [-0.2, -0.15) is 0 Å². The Morgan fingerprint density at radius 3 is 0.873 bits per heavy atom. The molecule has 6 heteroatoms. The van der Waals surface area contributed by atoms with Crippen LogP contribution in [0.2, 0.25) is 0 Å². The monoisotopic (exact) mass is 989 g/mol. The first-order valence-electron chi connectivity index (χ1n) is 30.1. The van der Waals surface area contributed by atoms with Crippen molar-refractivity contribution in [3.8, 4) is 0 Å². The summed E-state index contributed by atoms with van der Waals surface area (Å²) in [4.78, 5) is 38.2. The van der Waals surface area contributed by atoms with Gasteiger partial charge >= 0.3 is 17.9 Å². The molecule has 0 aliphatic heterocycles. The number of rotatable bonds is 54.